The highest BCUT2D eigenvalue weighted by atomic mass is 79.9. The summed E-state index contributed by atoms with van der Waals surface area (Å²) in [5.74, 6) is 0.765. The van der Waals surface area contributed by atoms with Gasteiger partial charge in [-0.1, -0.05) is 48.0 Å². The van der Waals surface area contributed by atoms with E-state index in [4.69, 9.17) is 4.74 Å². The SMILES string of the molecule is CCC1(CC)C[C@H](NS(=O)(=O)c2ccc(Br)cc2)c2ccccc2O1. The van der Waals surface area contributed by atoms with Gasteiger partial charge in [-0.05, 0) is 43.2 Å². The zero-order valence-corrected chi connectivity index (χ0v) is 16.7. The Morgan fingerprint density at radius 3 is 2.40 bits per heavy atom. The lowest BCUT2D eigenvalue weighted by molar-refractivity contribution is 0.0260. The molecule has 134 valence electrons. The number of sulfonamides is 1. The lowest BCUT2D eigenvalue weighted by atomic mass is 9.84. The van der Waals surface area contributed by atoms with Crippen LogP contribution in [0.5, 0.6) is 5.75 Å². The Kier molecular flexibility index (Phi) is 5.23. The van der Waals surface area contributed by atoms with Crippen molar-refractivity contribution in [3.05, 3.63) is 58.6 Å². The highest BCUT2D eigenvalue weighted by molar-refractivity contribution is 9.10. The average molecular weight is 424 g/mol. The molecule has 1 atom stereocenters. The smallest absolute Gasteiger partial charge is 0.241 e. The quantitative estimate of drug-likeness (QED) is 0.750. The zero-order chi connectivity index (χ0) is 18.1. The number of benzene rings is 2. The molecule has 0 saturated heterocycles. The molecule has 6 heteroatoms. The van der Waals surface area contributed by atoms with Crippen LogP contribution in [-0.2, 0) is 10.0 Å². The summed E-state index contributed by atoms with van der Waals surface area (Å²) in [4.78, 5) is 0.262. The first kappa shape index (κ1) is 18.4. The Morgan fingerprint density at radius 1 is 1.12 bits per heavy atom. The molecule has 0 spiro atoms. The molecule has 0 fully saturated rings. The van der Waals surface area contributed by atoms with Crippen LogP contribution < -0.4 is 9.46 Å². The fraction of sp³-hybridized carbons (Fsp3) is 0.368. The third-order valence-electron chi connectivity index (χ3n) is 4.91. The predicted octanol–water partition coefficient (Wildman–Crippen LogP) is 4.81. The Labute approximate surface area is 157 Å². The van der Waals surface area contributed by atoms with Crippen molar-refractivity contribution in [3.63, 3.8) is 0 Å². The number of rotatable bonds is 5. The van der Waals surface area contributed by atoms with Gasteiger partial charge in [-0.3, -0.25) is 0 Å². The lowest BCUT2D eigenvalue weighted by Gasteiger charge is -2.41. The van der Waals surface area contributed by atoms with Crippen LogP contribution >= 0.6 is 15.9 Å². The third-order valence-corrected chi connectivity index (χ3v) is 6.92. The van der Waals surface area contributed by atoms with Crippen LogP contribution in [0.1, 0.15) is 44.7 Å². The Bertz CT molecular complexity index is 845. The van der Waals surface area contributed by atoms with Crippen LogP contribution in [0, 0.1) is 0 Å². The summed E-state index contributed by atoms with van der Waals surface area (Å²) in [6, 6.07) is 14.0. The zero-order valence-electron chi connectivity index (χ0n) is 14.3. The third kappa shape index (κ3) is 3.76. The first-order valence-corrected chi connectivity index (χ1v) is 10.7. The molecule has 0 aliphatic carbocycles. The molecule has 0 bridgehead atoms. The Morgan fingerprint density at radius 2 is 1.76 bits per heavy atom. The van der Waals surface area contributed by atoms with E-state index >= 15 is 0 Å². The molecule has 0 radical (unpaired) electrons. The van der Waals surface area contributed by atoms with E-state index in [1.807, 2.05) is 24.3 Å². The van der Waals surface area contributed by atoms with Gasteiger partial charge in [0.2, 0.25) is 10.0 Å². The minimum atomic E-state index is -3.61. The first-order valence-electron chi connectivity index (χ1n) is 8.45. The molecule has 25 heavy (non-hydrogen) atoms. The minimum absolute atomic E-state index is 0.262. The lowest BCUT2D eigenvalue weighted by Crippen LogP contribution is -2.44. The van der Waals surface area contributed by atoms with Crippen molar-refractivity contribution in [3.8, 4) is 5.75 Å². The molecule has 3 rings (SSSR count). The van der Waals surface area contributed by atoms with Gasteiger partial charge in [0.15, 0.2) is 0 Å². The van der Waals surface area contributed by atoms with E-state index in [-0.39, 0.29) is 16.5 Å². The molecule has 1 heterocycles. The van der Waals surface area contributed by atoms with Gasteiger partial charge in [-0.25, -0.2) is 13.1 Å². The molecule has 2 aromatic rings. The Balaban J connectivity index is 1.96. The summed E-state index contributed by atoms with van der Waals surface area (Å²) in [5.41, 5.74) is 0.544. The molecule has 0 aromatic heterocycles. The second-order valence-electron chi connectivity index (χ2n) is 6.36. The molecule has 1 aliphatic rings. The maximum atomic E-state index is 12.8. The standard InChI is InChI=1S/C19H22BrNO3S/c1-3-19(4-2)13-17(16-7-5-6-8-18(16)24-19)21-25(22,23)15-11-9-14(20)10-12-15/h5-12,17,21H,3-4,13H2,1-2H3/t17-/m0/s1. The van der Waals surface area contributed by atoms with E-state index in [9.17, 15) is 8.42 Å². The van der Waals surface area contributed by atoms with Crippen LogP contribution in [0.4, 0.5) is 0 Å². The van der Waals surface area contributed by atoms with Crippen molar-refractivity contribution in [2.45, 2.75) is 49.6 Å². The number of hydrogen-bond acceptors (Lipinski definition) is 3. The molecular formula is C19H22BrNO3S. The van der Waals surface area contributed by atoms with Crippen molar-refractivity contribution in [1.29, 1.82) is 0 Å². The number of ether oxygens (including phenoxy) is 1. The second kappa shape index (κ2) is 7.09. The summed E-state index contributed by atoms with van der Waals surface area (Å²) in [5, 5.41) is 0. The first-order chi connectivity index (χ1) is 11.9. The van der Waals surface area contributed by atoms with Crippen molar-refractivity contribution >= 4 is 26.0 Å². The van der Waals surface area contributed by atoms with Gasteiger partial charge in [0.1, 0.15) is 11.4 Å². The van der Waals surface area contributed by atoms with Crippen molar-refractivity contribution in [2.75, 3.05) is 0 Å². The number of fused-ring (bicyclic) bond motifs is 1. The minimum Gasteiger partial charge on any atom is -0.487 e. The van der Waals surface area contributed by atoms with Crippen LogP contribution in [0.2, 0.25) is 0 Å². The van der Waals surface area contributed by atoms with E-state index in [0.717, 1.165) is 28.6 Å². The highest BCUT2D eigenvalue weighted by Crippen LogP contribution is 2.43. The largest absolute Gasteiger partial charge is 0.487 e. The average Bonchev–Trinajstić information content (AvgIpc) is 2.61. The van der Waals surface area contributed by atoms with Gasteiger partial charge in [0, 0.05) is 16.5 Å². The van der Waals surface area contributed by atoms with Crippen LogP contribution in [0.3, 0.4) is 0 Å². The van der Waals surface area contributed by atoms with Crippen molar-refractivity contribution < 1.29 is 13.2 Å². The molecule has 0 unspecified atom stereocenters. The monoisotopic (exact) mass is 423 g/mol. The molecule has 4 nitrogen and oxygen atoms in total. The van der Waals surface area contributed by atoms with Gasteiger partial charge in [0.25, 0.3) is 0 Å². The van der Waals surface area contributed by atoms with E-state index in [2.05, 4.69) is 34.5 Å². The fourth-order valence-corrected chi connectivity index (χ4v) is 4.76. The maximum absolute atomic E-state index is 12.8. The number of nitrogens with one attached hydrogen (secondary N) is 1. The molecule has 1 aliphatic heterocycles. The molecule has 2 aromatic carbocycles. The molecular weight excluding hydrogens is 402 g/mol. The summed E-state index contributed by atoms with van der Waals surface area (Å²) in [6.07, 6.45) is 2.27. The fourth-order valence-electron chi connectivity index (χ4n) is 3.28. The van der Waals surface area contributed by atoms with Crippen LogP contribution in [0.15, 0.2) is 57.9 Å². The predicted molar refractivity (Wildman–Crippen MR) is 102 cm³/mol. The number of hydrogen-bond donors (Lipinski definition) is 1. The van der Waals surface area contributed by atoms with Crippen molar-refractivity contribution in [1.82, 2.24) is 4.72 Å². The van der Waals surface area contributed by atoms with E-state index in [1.165, 1.54) is 0 Å². The van der Waals surface area contributed by atoms with E-state index in [1.54, 1.807) is 24.3 Å². The maximum Gasteiger partial charge on any atom is 0.241 e. The summed E-state index contributed by atoms with van der Waals surface area (Å²) < 4.78 is 35.7. The number of halogens is 1. The molecule has 0 saturated carbocycles. The summed E-state index contributed by atoms with van der Waals surface area (Å²) in [7, 11) is -3.61. The molecule has 0 amide bonds. The van der Waals surface area contributed by atoms with E-state index < -0.39 is 10.0 Å². The Hall–Kier alpha value is -1.37. The van der Waals surface area contributed by atoms with Gasteiger partial charge in [-0.2, -0.15) is 0 Å². The van der Waals surface area contributed by atoms with Crippen LogP contribution in [-0.4, -0.2) is 14.0 Å². The summed E-state index contributed by atoms with van der Waals surface area (Å²) >= 11 is 3.33. The topological polar surface area (TPSA) is 55.4 Å². The van der Waals surface area contributed by atoms with Crippen LogP contribution in [0.25, 0.3) is 0 Å². The van der Waals surface area contributed by atoms with Gasteiger partial charge in [-0.15, -0.1) is 0 Å². The van der Waals surface area contributed by atoms with Gasteiger partial charge < -0.3 is 4.74 Å². The van der Waals surface area contributed by atoms with Gasteiger partial charge >= 0.3 is 0 Å². The second-order valence-corrected chi connectivity index (χ2v) is 8.99. The van der Waals surface area contributed by atoms with Gasteiger partial charge in [0.05, 0.1) is 10.9 Å². The number of para-hydroxylation sites is 1. The summed E-state index contributed by atoms with van der Waals surface area (Å²) in [6.45, 7) is 4.16. The normalized spacial score (nSPS) is 19.1. The highest BCUT2D eigenvalue weighted by Gasteiger charge is 2.39. The van der Waals surface area contributed by atoms with E-state index in [0.29, 0.717) is 6.42 Å². The van der Waals surface area contributed by atoms with Crippen molar-refractivity contribution in [2.24, 2.45) is 0 Å². The molecule has 1 N–H and O–H groups in total.